The summed E-state index contributed by atoms with van der Waals surface area (Å²) in [6.45, 7) is 4.48. The largest absolute Gasteiger partial charge is 0.490 e. The van der Waals surface area contributed by atoms with E-state index in [1.54, 1.807) is 6.07 Å². The molecule has 0 aromatic heterocycles. The van der Waals surface area contributed by atoms with Gasteiger partial charge in [-0.05, 0) is 50.5 Å². The van der Waals surface area contributed by atoms with E-state index < -0.39 is 0 Å². The monoisotopic (exact) mass is 354 g/mol. The van der Waals surface area contributed by atoms with Crippen LogP contribution in [0.5, 0.6) is 11.5 Å². The predicted molar refractivity (Wildman–Crippen MR) is 104 cm³/mol. The van der Waals surface area contributed by atoms with Gasteiger partial charge >= 0.3 is 0 Å². The van der Waals surface area contributed by atoms with Gasteiger partial charge in [-0.3, -0.25) is 4.79 Å². The van der Waals surface area contributed by atoms with Gasteiger partial charge in [0.2, 0.25) is 0 Å². The highest BCUT2D eigenvalue weighted by molar-refractivity contribution is 5.95. The van der Waals surface area contributed by atoms with Crippen molar-refractivity contribution in [3.05, 3.63) is 48.5 Å². The molecule has 3 rings (SSSR count). The van der Waals surface area contributed by atoms with Crippen LogP contribution in [0, 0.1) is 0 Å². The fourth-order valence-corrected chi connectivity index (χ4v) is 3.16. The molecule has 0 spiro atoms. The maximum absolute atomic E-state index is 12.4. The Morgan fingerprint density at radius 3 is 2.35 bits per heavy atom. The van der Waals surface area contributed by atoms with Crippen molar-refractivity contribution in [2.75, 3.05) is 36.5 Å². The Bertz CT molecular complexity index is 727. The van der Waals surface area contributed by atoms with Gasteiger partial charge in [0.25, 0.3) is 5.91 Å². The Morgan fingerprint density at radius 2 is 1.62 bits per heavy atom. The number of para-hydroxylation sites is 4. The highest BCUT2D eigenvalue weighted by atomic mass is 16.5. The van der Waals surface area contributed by atoms with Crippen LogP contribution in [0.25, 0.3) is 0 Å². The van der Waals surface area contributed by atoms with Crippen molar-refractivity contribution in [1.82, 2.24) is 0 Å². The summed E-state index contributed by atoms with van der Waals surface area (Å²) in [5, 5.41) is 2.98. The van der Waals surface area contributed by atoms with Gasteiger partial charge in [0.1, 0.15) is 0 Å². The van der Waals surface area contributed by atoms with Crippen molar-refractivity contribution < 1.29 is 14.3 Å². The van der Waals surface area contributed by atoms with Gasteiger partial charge in [-0.25, -0.2) is 0 Å². The molecule has 1 aliphatic heterocycles. The molecule has 138 valence electrons. The third-order valence-electron chi connectivity index (χ3n) is 4.38. The summed E-state index contributed by atoms with van der Waals surface area (Å²) in [7, 11) is 0. The molecule has 0 radical (unpaired) electrons. The Hall–Kier alpha value is -2.69. The molecule has 26 heavy (non-hydrogen) atoms. The van der Waals surface area contributed by atoms with Crippen LogP contribution in [0.15, 0.2) is 48.5 Å². The third kappa shape index (κ3) is 4.69. The lowest BCUT2D eigenvalue weighted by Gasteiger charge is -2.30. The number of piperidine rings is 1. The van der Waals surface area contributed by atoms with E-state index in [9.17, 15) is 4.79 Å². The van der Waals surface area contributed by atoms with Crippen molar-refractivity contribution in [3.63, 3.8) is 0 Å². The molecule has 1 amide bonds. The number of hydrogen-bond donors (Lipinski definition) is 1. The first-order valence-corrected chi connectivity index (χ1v) is 9.26. The summed E-state index contributed by atoms with van der Waals surface area (Å²) in [5.41, 5.74) is 1.91. The lowest BCUT2D eigenvalue weighted by atomic mass is 10.1. The number of benzene rings is 2. The Morgan fingerprint density at radius 1 is 0.962 bits per heavy atom. The molecule has 2 aromatic rings. The van der Waals surface area contributed by atoms with Gasteiger partial charge in [-0.2, -0.15) is 0 Å². The minimum absolute atomic E-state index is 0.0571. The zero-order valence-electron chi connectivity index (χ0n) is 15.2. The first-order valence-electron chi connectivity index (χ1n) is 9.26. The second-order valence-corrected chi connectivity index (χ2v) is 6.28. The number of anilines is 2. The number of rotatable bonds is 7. The topological polar surface area (TPSA) is 50.8 Å². The molecule has 1 fully saturated rings. The molecule has 5 heteroatoms. The van der Waals surface area contributed by atoms with E-state index in [0.29, 0.717) is 18.1 Å². The standard InChI is InChI=1S/C21H26N2O3/c1-2-25-19-12-6-7-13-20(19)26-16-21(24)22-17-10-4-5-11-18(17)23-14-8-3-9-15-23/h4-7,10-13H,2-3,8-9,14-16H2,1H3,(H,22,24). The SMILES string of the molecule is CCOc1ccccc1OCC(=O)Nc1ccccc1N1CCCCC1. The third-order valence-corrected chi connectivity index (χ3v) is 4.38. The quantitative estimate of drug-likeness (QED) is 0.813. The zero-order chi connectivity index (χ0) is 18.2. The maximum Gasteiger partial charge on any atom is 0.262 e. The van der Waals surface area contributed by atoms with Crippen LogP contribution in [-0.4, -0.2) is 32.2 Å². The minimum atomic E-state index is -0.180. The average molecular weight is 354 g/mol. The van der Waals surface area contributed by atoms with E-state index in [4.69, 9.17) is 9.47 Å². The molecular formula is C21H26N2O3. The van der Waals surface area contributed by atoms with Crippen molar-refractivity contribution in [2.24, 2.45) is 0 Å². The zero-order valence-corrected chi connectivity index (χ0v) is 15.2. The molecule has 0 bridgehead atoms. The van der Waals surface area contributed by atoms with Crippen LogP contribution in [0.4, 0.5) is 11.4 Å². The second kappa shape index (κ2) is 9.13. The highest BCUT2D eigenvalue weighted by Gasteiger charge is 2.16. The van der Waals surface area contributed by atoms with Gasteiger partial charge in [-0.15, -0.1) is 0 Å². The van der Waals surface area contributed by atoms with Crippen LogP contribution in [0.2, 0.25) is 0 Å². The van der Waals surface area contributed by atoms with Crippen molar-refractivity contribution >= 4 is 17.3 Å². The molecule has 0 aliphatic carbocycles. The first kappa shape index (κ1) is 18.1. The molecule has 1 aliphatic rings. The van der Waals surface area contributed by atoms with E-state index in [2.05, 4.69) is 16.3 Å². The van der Waals surface area contributed by atoms with Crippen molar-refractivity contribution in [1.29, 1.82) is 0 Å². The first-order chi connectivity index (χ1) is 12.8. The highest BCUT2D eigenvalue weighted by Crippen LogP contribution is 2.29. The van der Waals surface area contributed by atoms with Gasteiger partial charge in [0.05, 0.1) is 18.0 Å². The second-order valence-electron chi connectivity index (χ2n) is 6.28. The Balaban J connectivity index is 1.62. The van der Waals surface area contributed by atoms with E-state index >= 15 is 0 Å². The summed E-state index contributed by atoms with van der Waals surface area (Å²) in [5.74, 6) is 1.05. The molecule has 0 unspecified atom stereocenters. The van der Waals surface area contributed by atoms with Crippen LogP contribution in [0.3, 0.4) is 0 Å². The molecule has 1 N–H and O–H groups in total. The predicted octanol–water partition coefficient (Wildman–Crippen LogP) is 4.09. The van der Waals surface area contributed by atoms with E-state index in [1.165, 1.54) is 19.3 Å². The van der Waals surface area contributed by atoms with Crippen molar-refractivity contribution in [3.8, 4) is 11.5 Å². The minimum Gasteiger partial charge on any atom is -0.490 e. The van der Waals surface area contributed by atoms with Crippen LogP contribution in [-0.2, 0) is 4.79 Å². The summed E-state index contributed by atoms with van der Waals surface area (Å²) in [6.07, 6.45) is 3.66. The van der Waals surface area contributed by atoms with E-state index in [0.717, 1.165) is 24.5 Å². The normalized spacial score (nSPS) is 14.0. The fourth-order valence-electron chi connectivity index (χ4n) is 3.16. The molecule has 1 heterocycles. The number of nitrogens with zero attached hydrogens (tertiary/aromatic N) is 1. The smallest absolute Gasteiger partial charge is 0.262 e. The lowest BCUT2D eigenvalue weighted by Crippen LogP contribution is -2.30. The number of amides is 1. The van der Waals surface area contributed by atoms with Gasteiger partial charge in [0.15, 0.2) is 18.1 Å². The lowest BCUT2D eigenvalue weighted by molar-refractivity contribution is -0.118. The van der Waals surface area contributed by atoms with Crippen LogP contribution >= 0.6 is 0 Å². The molecule has 5 nitrogen and oxygen atoms in total. The summed E-state index contributed by atoms with van der Waals surface area (Å²) >= 11 is 0. The molecule has 2 aromatic carbocycles. The Kier molecular flexibility index (Phi) is 6.36. The maximum atomic E-state index is 12.4. The fraction of sp³-hybridized carbons (Fsp3) is 0.381. The van der Waals surface area contributed by atoms with Gasteiger partial charge < -0.3 is 19.7 Å². The molecule has 1 saturated heterocycles. The average Bonchev–Trinajstić information content (AvgIpc) is 2.69. The number of nitrogens with one attached hydrogen (secondary N) is 1. The summed E-state index contributed by atoms with van der Waals surface area (Å²) in [4.78, 5) is 14.7. The van der Waals surface area contributed by atoms with Gasteiger partial charge in [-0.1, -0.05) is 24.3 Å². The summed E-state index contributed by atoms with van der Waals surface area (Å²) in [6, 6.07) is 15.3. The number of carbonyl (C=O) groups excluding carboxylic acids is 1. The van der Waals surface area contributed by atoms with Crippen LogP contribution in [0.1, 0.15) is 26.2 Å². The van der Waals surface area contributed by atoms with E-state index in [-0.39, 0.29) is 12.5 Å². The number of carbonyl (C=O) groups is 1. The molecule has 0 saturated carbocycles. The number of ether oxygens (including phenoxy) is 2. The van der Waals surface area contributed by atoms with Crippen LogP contribution < -0.4 is 19.7 Å². The Labute approximate surface area is 154 Å². The molecule has 0 atom stereocenters. The van der Waals surface area contributed by atoms with Gasteiger partial charge in [0, 0.05) is 13.1 Å². The van der Waals surface area contributed by atoms with E-state index in [1.807, 2.05) is 43.3 Å². The van der Waals surface area contributed by atoms with Crippen molar-refractivity contribution in [2.45, 2.75) is 26.2 Å². The number of hydrogen-bond acceptors (Lipinski definition) is 4. The molecular weight excluding hydrogens is 328 g/mol. The summed E-state index contributed by atoms with van der Waals surface area (Å²) < 4.78 is 11.2.